The summed E-state index contributed by atoms with van der Waals surface area (Å²) in [6, 6.07) is 5.39. The van der Waals surface area contributed by atoms with Crippen LogP contribution in [0.4, 0.5) is 0 Å². The first-order valence-electron chi connectivity index (χ1n) is 4.05. The van der Waals surface area contributed by atoms with Gasteiger partial charge in [-0.05, 0) is 27.6 Å². The third kappa shape index (κ3) is 1.53. The van der Waals surface area contributed by atoms with Gasteiger partial charge in [-0.1, -0.05) is 12.1 Å². The Labute approximate surface area is 88.5 Å². The van der Waals surface area contributed by atoms with E-state index in [0.717, 1.165) is 15.4 Å². The van der Waals surface area contributed by atoms with Crippen LogP contribution in [0.2, 0.25) is 0 Å². The second-order valence-corrected chi connectivity index (χ2v) is 3.80. The molecule has 1 aromatic heterocycles. The Morgan fingerprint density at radius 3 is 3.00 bits per heavy atom. The van der Waals surface area contributed by atoms with Crippen LogP contribution in [-0.4, -0.2) is 11.1 Å². The lowest BCUT2D eigenvalue weighted by Crippen LogP contribution is -2.00. The number of furan rings is 1. The van der Waals surface area contributed by atoms with Crippen LogP contribution in [0.3, 0.4) is 0 Å². The Balaban J connectivity index is 2.63. The van der Waals surface area contributed by atoms with Gasteiger partial charge in [-0.15, -0.1) is 0 Å². The topological polar surface area (TPSA) is 50.4 Å². The third-order valence-electron chi connectivity index (χ3n) is 1.98. The van der Waals surface area contributed by atoms with Crippen molar-refractivity contribution in [3.8, 4) is 0 Å². The number of carboxylic acids is 1. The average Bonchev–Trinajstić information content (AvgIpc) is 2.48. The molecule has 0 bridgehead atoms. The first-order valence-corrected chi connectivity index (χ1v) is 4.84. The first kappa shape index (κ1) is 9.27. The van der Waals surface area contributed by atoms with Crippen molar-refractivity contribution in [2.45, 2.75) is 6.42 Å². The van der Waals surface area contributed by atoms with Crippen LogP contribution in [0.15, 0.2) is 33.4 Å². The van der Waals surface area contributed by atoms with Crippen LogP contribution in [0, 0.1) is 0 Å². The maximum Gasteiger partial charge on any atom is 0.307 e. The molecule has 0 spiro atoms. The smallest absolute Gasteiger partial charge is 0.307 e. The zero-order valence-corrected chi connectivity index (χ0v) is 8.74. The standard InChI is InChI=1S/C10H7BrO3/c11-7-5-14-8-3-1-2-6(10(7)8)4-9(12)13/h1-3,5H,4H2,(H,12,13). The van der Waals surface area contributed by atoms with Crippen molar-refractivity contribution in [1.82, 2.24) is 0 Å². The predicted octanol–water partition coefficient (Wildman–Crippen LogP) is 2.82. The molecule has 0 amide bonds. The molecule has 1 heterocycles. The fraction of sp³-hybridized carbons (Fsp3) is 0.100. The van der Waals surface area contributed by atoms with Crippen molar-refractivity contribution < 1.29 is 14.3 Å². The van der Waals surface area contributed by atoms with E-state index in [1.807, 2.05) is 6.07 Å². The molecule has 72 valence electrons. The lowest BCUT2D eigenvalue weighted by Gasteiger charge is -1.98. The summed E-state index contributed by atoms with van der Waals surface area (Å²) in [6.07, 6.45) is 1.57. The van der Waals surface area contributed by atoms with Crippen LogP contribution in [-0.2, 0) is 11.2 Å². The molecule has 0 saturated carbocycles. The molecule has 2 aromatic rings. The molecule has 1 N–H and O–H groups in total. The second kappa shape index (κ2) is 3.46. The van der Waals surface area contributed by atoms with E-state index in [9.17, 15) is 4.79 Å². The van der Waals surface area contributed by atoms with Gasteiger partial charge in [-0.25, -0.2) is 0 Å². The molecule has 0 radical (unpaired) electrons. The molecule has 14 heavy (non-hydrogen) atoms. The maximum absolute atomic E-state index is 10.6. The monoisotopic (exact) mass is 254 g/mol. The van der Waals surface area contributed by atoms with Gasteiger partial charge < -0.3 is 9.52 Å². The predicted molar refractivity (Wildman–Crippen MR) is 55.3 cm³/mol. The molecular weight excluding hydrogens is 248 g/mol. The van der Waals surface area contributed by atoms with Gasteiger partial charge in [0.15, 0.2) is 0 Å². The molecular formula is C10H7BrO3. The highest BCUT2D eigenvalue weighted by atomic mass is 79.9. The molecule has 0 saturated heterocycles. The van der Waals surface area contributed by atoms with E-state index < -0.39 is 5.97 Å². The van der Waals surface area contributed by atoms with Gasteiger partial charge >= 0.3 is 5.97 Å². The van der Waals surface area contributed by atoms with Gasteiger partial charge in [0, 0.05) is 5.39 Å². The number of carboxylic acid groups (broad SMARTS) is 1. The van der Waals surface area contributed by atoms with E-state index in [1.165, 1.54) is 0 Å². The van der Waals surface area contributed by atoms with Gasteiger partial charge in [0.2, 0.25) is 0 Å². The van der Waals surface area contributed by atoms with Crippen LogP contribution >= 0.6 is 15.9 Å². The summed E-state index contributed by atoms with van der Waals surface area (Å²) in [4.78, 5) is 10.6. The number of halogens is 1. The zero-order chi connectivity index (χ0) is 10.1. The Morgan fingerprint density at radius 2 is 2.29 bits per heavy atom. The molecule has 2 rings (SSSR count). The summed E-state index contributed by atoms with van der Waals surface area (Å²) in [6.45, 7) is 0. The van der Waals surface area contributed by atoms with E-state index in [4.69, 9.17) is 9.52 Å². The minimum atomic E-state index is -0.842. The quantitative estimate of drug-likeness (QED) is 0.897. The van der Waals surface area contributed by atoms with Crippen molar-refractivity contribution >= 4 is 32.9 Å². The lowest BCUT2D eigenvalue weighted by atomic mass is 10.1. The van der Waals surface area contributed by atoms with E-state index in [0.29, 0.717) is 5.58 Å². The van der Waals surface area contributed by atoms with E-state index >= 15 is 0 Å². The normalized spacial score (nSPS) is 10.6. The largest absolute Gasteiger partial charge is 0.481 e. The van der Waals surface area contributed by atoms with E-state index in [-0.39, 0.29) is 6.42 Å². The fourth-order valence-electron chi connectivity index (χ4n) is 1.43. The Bertz CT molecular complexity index is 487. The van der Waals surface area contributed by atoms with Crippen LogP contribution < -0.4 is 0 Å². The number of aliphatic carboxylic acids is 1. The van der Waals surface area contributed by atoms with Crippen LogP contribution in [0.25, 0.3) is 11.0 Å². The molecule has 3 nitrogen and oxygen atoms in total. The van der Waals surface area contributed by atoms with Gasteiger partial charge in [0.1, 0.15) is 11.8 Å². The summed E-state index contributed by atoms with van der Waals surface area (Å²) >= 11 is 3.32. The summed E-state index contributed by atoms with van der Waals surface area (Å²) in [5, 5.41) is 9.55. The molecule has 0 atom stereocenters. The van der Waals surface area contributed by atoms with Gasteiger partial charge in [-0.3, -0.25) is 4.79 Å². The molecule has 0 aliphatic heterocycles. The van der Waals surface area contributed by atoms with Crippen molar-refractivity contribution in [3.63, 3.8) is 0 Å². The number of carbonyl (C=O) groups is 1. The number of benzene rings is 1. The van der Waals surface area contributed by atoms with Crippen molar-refractivity contribution in [2.75, 3.05) is 0 Å². The van der Waals surface area contributed by atoms with Crippen molar-refractivity contribution in [3.05, 3.63) is 34.5 Å². The number of hydrogen-bond donors (Lipinski definition) is 1. The minimum Gasteiger partial charge on any atom is -0.481 e. The number of rotatable bonds is 2. The molecule has 0 unspecified atom stereocenters. The third-order valence-corrected chi connectivity index (χ3v) is 2.57. The highest BCUT2D eigenvalue weighted by molar-refractivity contribution is 9.10. The van der Waals surface area contributed by atoms with E-state index in [2.05, 4.69) is 15.9 Å². The van der Waals surface area contributed by atoms with Gasteiger partial charge in [0.05, 0.1) is 10.9 Å². The Morgan fingerprint density at radius 1 is 1.50 bits per heavy atom. The highest BCUT2D eigenvalue weighted by Crippen LogP contribution is 2.29. The molecule has 0 aliphatic rings. The zero-order valence-electron chi connectivity index (χ0n) is 7.16. The number of fused-ring (bicyclic) bond motifs is 1. The molecule has 0 aliphatic carbocycles. The molecule has 0 fully saturated rings. The van der Waals surface area contributed by atoms with E-state index in [1.54, 1.807) is 18.4 Å². The Kier molecular flexibility index (Phi) is 2.29. The van der Waals surface area contributed by atoms with Crippen LogP contribution in [0.5, 0.6) is 0 Å². The lowest BCUT2D eigenvalue weighted by molar-refractivity contribution is -0.136. The van der Waals surface area contributed by atoms with Gasteiger partial charge in [0.25, 0.3) is 0 Å². The van der Waals surface area contributed by atoms with Crippen LogP contribution in [0.1, 0.15) is 5.56 Å². The average molecular weight is 255 g/mol. The highest BCUT2D eigenvalue weighted by Gasteiger charge is 2.10. The SMILES string of the molecule is O=C(O)Cc1cccc2occ(Br)c12. The Hall–Kier alpha value is -1.29. The summed E-state index contributed by atoms with van der Waals surface area (Å²) in [7, 11) is 0. The van der Waals surface area contributed by atoms with Crippen molar-refractivity contribution in [1.29, 1.82) is 0 Å². The second-order valence-electron chi connectivity index (χ2n) is 2.94. The maximum atomic E-state index is 10.6. The minimum absolute atomic E-state index is 0.00940. The summed E-state index contributed by atoms with van der Waals surface area (Å²) in [5.74, 6) is -0.842. The van der Waals surface area contributed by atoms with Crippen molar-refractivity contribution in [2.24, 2.45) is 0 Å². The fourth-order valence-corrected chi connectivity index (χ4v) is 1.97. The summed E-state index contributed by atoms with van der Waals surface area (Å²) in [5.41, 5.74) is 1.46. The molecule has 1 aromatic carbocycles. The summed E-state index contributed by atoms with van der Waals surface area (Å²) < 4.78 is 6.03. The molecule has 4 heteroatoms. The first-order chi connectivity index (χ1) is 6.68. The van der Waals surface area contributed by atoms with Gasteiger partial charge in [-0.2, -0.15) is 0 Å². The number of hydrogen-bond acceptors (Lipinski definition) is 2.